The number of cyclic esters (lactones) is 1. The quantitative estimate of drug-likeness (QED) is 0.452. The average Bonchev–Trinajstić information content (AvgIpc) is 3.25. The minimum Gasteiger partial charge on any atom is -0.469 e. The lowest BCUT2D eigenvalue weighted by Gasteiger charge is -2.60. The number of Topliss-reactive ketones (excluding diaryl/α,β-unsaturated/α-hetero) is 1. The standard InChI is InChI=1S/C24H27F3O8/c1-11(28)34-15-8-14(20(30)32-4)22(2)6-5-13-21(31)35-16(9-23(13,3)19(22)18(15)29)12-7-17(33-10-12)24(25,26)27/h7,10,13-16,19H,5-6,8-9H2,1-4H3/t13-,14-,15-,16-,19-,22-,23-/m0/s1. The molecule has 1 aromatic rings. The maximum Gasteiger partial charge on any atom is 0.449 e. The van der Waals surface area contributed by atoms with Crippen molar-refractivity contribution in [2.24, 2.45) is 28.6 Å². The van der Waals surface area contributed by atoms with Crippen molar-refractivity contribution in [3.63, 3.8) is 0 Å². The molecule has 11 heteroatoms. The lowest BCUT2D eigenvalue weighted by Crippen LogP contribution is -2.64. The van der Waals surface area contributed by atoms with E-state index in [2.05, 4.69) is 4.42 Å². The number of ketones is 1. The van der Waals surface area contributed by atoms with Gasteiger partial charge in [0.05, 0.1) is 25.2 Å². The van der Waals surface area contributed by atoms with Gasteiger partial charge in [-0.05, 0) is 36.2 Å². The first-order valence-electron chi connectivity index (χ1n) is 11.4. The number of ether oxygens (including phenoxy) is 3. The third kappa shape index (κ3) is 4.02. The van der Waals surface area contributed by atoms with Crippen LogP contribution in [0.25, 0.3) is 0 Å². The minimum absolute atomic E-state index is 0.0296. The number of fused-ring (bicyclic) bond motifs is 3. The van der Waals surface area contributed by atoms with Crippen molar-refractivity contribution in [3.8, 4) is 0 Å². The second-order valence-electron chi connectivity index (χ2n) is 10.2. The molecule has 1 aromatic heterocycles. The highest BCUT2D eigenvalue weighted by molar-refractivity contribution is 5.93. The molecule has 2 saturated carbocycles. The number of carbonyl (C=O) groups excluding carboxylic acids is 4. The number of hydrogen-bond acceptors (Lipinski definition) is 8. The highest BCUT2D eigenvalue weighted by Gasteiger charge is 2.67. The van der Waals surface area contributed by atoms with E-state index in [0.29, 0.717) is 12.8 Å². The Morgan fingerprint density at radius 1 is 1.17 bits per heavy atom. The molecule has 192 valence electrons. The zero-order chi connectivity index (χ0) is 25.9. The van der Waals surface area contributed by atoms with Crippen LogP contribution < -0.4 is 0 Å². The van der Waals surface area contributed by atoms with Crippen molar-refractivity contribution >= 4 is 23.7 Å². The SMILES string of the molecule is COC(=O)[C@@H]1C[C@H](OC(C)=O)C(=O)[C@H]2[C@@]1(C)CC[C@H]1C(=O)O[C@H](c3coc(C(F)(F)F)c3)C[C@]21C. The fourth-order valence-corrected chi connectivity index (χ4v) is 6.67. The van der Waals surface area contributed by atoms with Gasteiger partial charge in [0.15, 0.2) is 11.9 Å². The summed E-state index contributed by atoms with van der Waals surface area (Å²) in [5, 5.41) is 0. The summed E-state index contributed by atoms with van der Waals surface area (Å²) in [6.45, 7) is 4.67. The van der Waals surface area contributed by atoms with Gasteiger partial charge in [-0.3, -0.25) is 19.2 Å². The molecule has 1 saturated heterocycles. The third-order valence-electron chi connectivity index (χ3n) is 8.17. The van der Waals surface area contributed by atoms with E-state index >= 15 is 0 Å². The molecule has 3 fully saturated rings. The predicted octanol–water partition coefficient (Wildman–Crippen LogP) is 4.02. The van der Waals surface area contributed by atoms with Gasteiger partial charge < -0.3 is 18.6 Å². The first-order valence-corrected chi connectivity index (χ1v) is 11.4. The molecule has 3 aliphatic rings. The van der Waals surface area contributed by atoms with E-state index < -0.39 is 76.4 Å². The topological polar surface area (TPSA) is 109 Å². The molecule has 0 unspecified atom stereocenters. The van der Waals surface area contributed by atoms with Gasteiger partial charge in [0, 0.05) is 24.8 Å². The number of hydrogen-bond donors (Lipinski definition) is 0. The van der Waals surface area contributed by atoms with Crippen LogP contribution >= 0.6 is 0 Å². The Bertz CT molecular complexity index is 1060. The zero-order valence-corrected chi connectivity index (χ0v) is 19.8. The third-order valence-corrected chi connectivity index (χ3v) is 8.17. The van der Waals surface area contributed by atoms with Crippen molar-refractivity contribution < 1.29 is 51.0 Å². The highest BCUT2D eigenvalue weighted by atomic mass is 19.4. The molecule has 2 heterocycles. The molecule has 0 spiro atoms. The number of carbonyl (C=O) groups is 4. The largest absolute Gasteiger partial charge is 0.469 e. The van der Waals surface area contributed by atoms with Gasteiger partial charge in [0.25, 0.3) is 0 Å². The molecule has 2 aliphatic carbocycles. The van der Waals surface area contributed by atoms with Crippen molar-refractivity contribution in [1.82, 2.24) is 0 Å². The van der Waals surface area contributed by atoms with E-state index in [-0.39, 0.29) is 18.4 Å². The Kier molecular flexibility index (Phi) is 6.04. The maximum absolute atomic E-state index is 13.8. The molecule has 8 nitrogen and oxygen atoms in total. The zero-order valence-electron chi connectivity index (χ0n) is 19.8. The summed E-state index contributed by atoms with van der Waals surface area (Å²) in [7, 11) is 1.23. The Hall–Kier alpha value is -2.85. The summed E-state index contributed by atoms with van der Waals surface area (Å²) < 4.78 is 59.7. The van der Waals surface area contributed by atoms with Crippen LogP contribution in [0, 0.1) is 28.6 Å². The van der Waals surface area contributed by atoms with Crippen LogP contribution in [0.5, 0.6) is 0 Å². The second kappa shape index (κ2) is 8.37. The van der Waals surface area contributed by atoms with Crippen LogP contribution in [0.3, 0.4) is 0 Å². The van der Waals surface area contributed by atoms with Crippen LogP contribution in [0.1, 0.15) is 63.9 Å². The summed E-state index contributed by atoms with van der Waals surface area (Å²) >= 11 is 0. The van der Waals surface area contributed by atoms with Gasteiger partial charge in [-0.15, -0.1) is 0 Å². The molecule has 1 aliphatic heterocycles. The molecule has 0 radical (unpaired) electrons. The lowest BCUT2D eigenvalue weighted by atomic mass is 9.43. The number of alkyl halides is 3. The van der Waals surface area contributed by atoms with Crippen LogP contribution in [-0.4, -0.2) is 36.9 Å². The second-order valence-corrected chi connectivity index (χ2v) is 10.2. The smallest absolute Gasteiger partial charge is 0.449 e. The molecule has 7 atom stereocenters. The molecule has 4 rings (SSSR count). The van der Waals surface area contributed by atoms with Crippen LogP contribution in [-0.2, 0) is 39.6 Å². The van der Waals surface area contributed by atoms with Crippen LogP contribution in [0.2, 0.25) is 0 Å². The van der Waals surface area contributed by atoms with E-state index in [1.165, 1.54) is 7.11 Å². The Morgan fingerprint density at radius 2 is 1.86 bits per heavy atom. The fourth-order valence-electron chi connectivity index (χ4n) is 6.67. The van der Waals surface area contributed by atoms with Crippen LogP contribution in [0.15, 0.2) is 16.7 Å². The van der Waals surface area contributed by atoms with Gasteiger partial charge in [-0.1, -0.05) is 13.8 Å². The maximum atomic E-state index is 13.8. The number of methoxy groups -OCH3 is 1. The number of rotatable bonds is 3. The Balaban J connectivity index is 1.77. The van der Waals surface area contributed by atoms with Gasteiger partial charge in [0.2, 0.25) is 5.76 Å². The Labute approximate surface area is 199 Å². The molecular formula is C24H27F3O8. The molecule has 0 aromatic carbocycles. The summed E-state index contributed by atoms with van der Waals surface area (Å²) in [6.07, 6.45) is -5.42. The predicted molar refractivity (Wildman–Crippen MR) is 110 cm³/mol. The molecule has 0 N–H and O–H groups in total. The normalized spacial score (nSPS) is 37.1. The molecule has 0 amide bonds. The fraction of sp³-hybridized carbons (Fsp3) is 0.667. The summed E-state index contributed by atoms with van der Waals surface area (Å²) in [5.74, 6) is -5.90. The van der Waals surface area contributed by atoms with E-state index in [1.807, 2.05) is 0 Å². The molecule has 35 heavy (non-hydrogen) atoms. The first kappa shape index (κ1) is 25.2. The summed E-state index contributed by atoms with van der Waals surface area (Å²) in [4.78, 5) is 51.3. The number of esters is 3. The summed E-state index contributed by atoms with van der Waals surface area (Å²) in [6, 6.07) is 0.783. The Morgan fingerprint density at radius 3 is 2.43 bits per heavy atom. The average molecular weight is 500 g/mol. The molecule has 0 bridgehead atoms. The summed E-state index contributed by atoms with van der Waals surface area (Å²) in [5.41, 5.74) is -1.96. The van der Waals surface area contributed by atoms with Crippen molar-refractivity contribution in [2.45, 2.75) is 64.8 Å². The van der Waals surface area contributed by atoms with E-state index in [9.17, 15) is 32.3 Å². The van der Waals surface area contributed by atoms with E-state index in [4.69, 9.17) is 14.2 Å². The van der Waals surface area contributed by atoms with Crippen molar-refractivity contribution in [1.29, 1.82) is 0 Å². The van der Waals surface area contributed by atoms with E-state index in [1.54, 1.807) is 13.8 Å². The number of furan rings is 1. The monoisotopic (exact) mass is 500 g/mol. The van der Waals surface area contributed by atoms with Gasteiger partial charge in [0.1, 0.15) is 6.10 Å². The van der Waals surface area contributed by atoms with Crippen molar-refractivity contribution in [2.75, 3.05) is 7.11 Å². The van der Waals surface area contributed by atoms with Crippen LogP contribution in [0.4, 0.5) is 13.2 Å². The lowest BCUT2D eigenvalue weighted by molar-refractivity contribution is -0.210. The molecular weight excluding hydrogens is 473 g/mol. The van der Waals surface area contributed by atoms with Crippen molar-refractivity contribution in [3.05, 3.63) is 23.7 Å². The first-order chi connectivity index (χ1) is 16.2. The van der Waals surface area contributed by atoms with Gasteiger partial charge in [-0.2, -0.15) is 13.2 Å². The minimum atomic E-state index is -4.71. The number of halogens is 3. The van der Waals surface area contributed by atoms with Gasteiger partial charge >= 0.3 is 24.1 Å². The highest BCUT2D eigenvalue weighted by Crippen LogP contribution is 2.65. The van der Waals surface area contributed by atoms with Gasteiger partial charge in [-0.25, -0.2) is 0 Å². The van der Waals surface area contributed by atoms with E-state index in [0.717, 1.165) is 19.3 Å².